The van der Waals surface area contributed by atoms with Crippen LogP contribution in [-0.4, -0.2) is 19.9 Å². The highest BCUT2D eigenvalue weighted by molar-refractivity contribution is 5.60. The van der Waals surface area contributed by atoms with Gasteiger partial charge in [0.25, 0.3) is 0 Å². The van der Waals surface area contributed by atoms with E-state index >= 15 is 0 Å². The molecule has 0 radical (unpaired) electrons. The standard InChI is InChI=1S/C12H13N5/c13-10-11-15-6-7-17(11)8-9(16-10)2-1-3-12(14)4-5-12/h6-8H,3-5,14H2,(H2,13,16). The molecule has 4 N–H and O–H groups in total. The molecule has 1 fully saturated rings. The van der Waals surface area contributed by atoms with Gasteiger partial charge in [0.1, 0.15) is 5.69 Å². The number of rotatable bonds is 1. The summed E-state index contributed by atoms with van der Waals surface area (Å²) >= 11 is 0. The lowest BCUT2D eigenvalue weighted by atomic mass is 10.2. The molecule has 3 rings (SSSR count). The van der Waals surface area contributed by atoms with Crippen molar-refractivity contribution < 1.29 is 0 Å². The lowest BCUT2D eigenvalue weighted by Gasteiger charge is -2.00. The molecule has 0 amide bonds. The lowest BCUT2D eigenvalue weighted by molar-refractivity contribution is 0.701. The van der Waals surface area contributed by atoms with Crippen LogP contribution in [0, 0.1) is 11.8 Å². The fourth-order valence-electron chi connectivity index (χ4n) is 1.66. The van der Waals surface area contributed by atoms with Gasteiger partial charge in [-0.1, -0.05) is 5.92 Å². The van der Waals surface area contributed by atoms with Gasteiger partial charge in [-0.2, -0.15) is 0 Å². The Hall–Kier alpha value is -2.06. The van der Waals surface area contributed by atoms with Crippen molar-refractivity contribution in [2.45, 2.75) is 24.8 Å². The summed E-state index contributed by atoms with van der Waals surface area (Å²) in [5, 5.41) is 0. The monoisotopic (exact) mass is 227 g/mol. The summed E-state index contributed by atoms with van der Waals surface area (Å²) in [4.78, 5) is 8.29. The van der Waals surface area contributed by atoms with Crippen LogP contribution in [0.4, 0.5) is 5.82 Å². The minimum atomic E-state index is -0.0440. The molecule has 1 aliphatic rings. The first-order chi connectivity index (χ1) is 8.16. The minimum absolute atomic E-state index is 0.0440. The van der Waals surface area contributed by atoms with Crippen LogP contribution in [-0.2, 0) is 0 Å². The third-order valence-corrected chi connectivity index (χ3v) is 2.95. The zero-order chi connectivity index (χ0) is 11.9. The minimum Gasteiger partial charge on any atom is -0.381 e. The van der Waals surface area contributed by atoms with E-state index in [1.807, 2.05) is 16.8 Å². The predicted octanol–water partition coefficient (Wildman–Crippen LogP) is 0.544. The van der Waals surface area contributed by atoms with Gasteiger partial charge in [0.05, 0.1) is 0 Å². The van der Waals surface area contributed by atoms with Gasteiger partial charge in [-0.05, 0) is 18.8 Å². The molecule has 0 aliphatic heterocycles. The average Bonchev–Trinajstić information content (AvgIpc) is 2.84. The highest BCUT2D eigenvalue weighted by Crippen LogP contribution is 2.34. The summed E-state index contributed by atoms with van der Waals surface area (Å²) in [6.07, 6.45) is 8.18. The molecule has 5 nitrogen and oxygen atoms in total. The number of anilines is 1. The predicted molar refractivity (Wildman–Crippen MR) is 65.0 cm³/mol. The maximum atomic E-state index is 5.95. The summed E-state index contributed by atoms with van der Waals surface area (Å²) in [6, 6.07) is 0. The molecule has 0 aromatic carbocycles. The molecule has 0 saturated heterocycles. The van der Waals surface area contributed by atoms with Crippen LogP contribution in [0.1, 0.15) is 25.0 Å². The zero-order valence-corrected chi connectivity index (χ0v) is 9.35. The van der Waals surface area contributed by atoms with E-state index in [9.17, 15) is 0 Å². The Labute approximate surface area is 98.9 Å². The number of nitrogens with two attached hydrogens (primary N) is 2. The average molecular weight is 227 g/mol. The number of hydrogen-bond acceptors (Lipinski definition) is 4. The number of aromatic nitrogens is 3. The van der Waals surface area contributed by atoms with E-state index in [0.29, 0.717) is 17.2 Å². The number of nitrogen functional groups attached to an aromatic ring is 1. The number of hydrogen-bond donors (Lipinski definition) is 2. The van der Waals surface area contributed by atoms with Gasteiger partial charge < -0.3 is 15.9 Å². The van der Waals surface area contributed by atoms with Crippen molar-refractivity contribution in [1.29, 1.82) is 0 Å². The Morgan fingerprint density at radius 1 is 1.47 bits per heavy atom. The molecule has 86 valence electrons. The third kappa shape index (κ3) is 1.95. The first kappa shape index (κ1) is 10.1. The Balaban J connectivity index is 1.89. The number of fused-ring (bicyclic) bond motifs is 1. The second kappa shape index (κ2) is 3.47. The first-order valence-electron chi connectivity index (χ1n) is 5.53. The van der Waals surface area contributed by atoms with E-state index < -0.39 is 0 Å². The molecule has 2 heterocycles. The number of nitrogens with zero attached hydrogens (tertiary/aromatic N) is 3. The molecular formula is C12H13N5. The van der Waals surface area contributed by atoms with Crippen molar-refractivity contribution in [3.05, 3.63) is 24.3 Å². The van der Waals surface area contributed by atoms with Gasteiger partial charge in [-0.25, -0.2) is 9.97 Å². The van der Waals surface area contributed by atoms with Gasteiger partial charge in [-0.3, -0.25) is 0 Å². The largest absolute Gasteiger partial charge is 0.381 e. The topological polar surface area (TPSA) is 82.2 Å². The van der Waals surface area contributed by atoms with Gasteiger partial charge >= 0.3 is 0 Å². The van der Waals surface area contributed by atoms with Crippen molar-refractivity contribution in [3.63, 3.8) is 0 Å². The number of imidazole rings is 1. The van der Waals surface area contributed by atoms with Crippen molar-refractivity contribution >= 4 is 11.5 Å². The normalized spacial score (nSPS) is 16.5. The Kier molecular flexibility index (Phi) is 2.06. The van der Waals surface area contributed by atoms with E-state index in [-0.39, 0.29) is 5.54 Å². The zero-order valence-electron chi connectivity index (χ0n) is 9.35. The van der Waals surface area contributed by atoms with Crippen LogP contribution < -0.4 is 11.5 Å². The molecule has 0 unspecified atom stereocenters. The highest BCUT2D eigenvalue weighted by atomic mass is 15.0. The molecule has 1 saturated carbocycles. The van der Waals surface area contributed by atoms with Crippen LogP contribution in [0.5, 0.6) is 0 Å². The second-order valence-electron chi connectivity index (χ2n) is 4.51. The Morgan fingerprint density at radius 3 is 3.06 bits per heavy atom. The van der Waals surface area contributed by atoms with Crippen molar-refractivity contribution in [2.24, 2.45) is 5.73 Å². The lowest BCUT2D eigenvalue weighted by Crippen LogP contribution is -2.20. The molecule has 0 atom stereocenters. The fourth-order valence-corrected chi connectivity index (χ4v) is 1.66. The first-order valence-corrected chi connectivity index (χ1v) is 5.53. The fraction of sp³-hybridized carbons (Fsp3) is 0.333. The van der Waals surface area contributed by atoms with E-state index in [0.717, 1.165) is 19.3 Å². The molecule has 0 bridgehead atoms. The molecule has 1 aliphatic carbocycles. The summed E-state index contributed by atoms with van der Waals surface area (Å²) in [5.74, 6) is 6.45. The molecule has 0 spiro atoms. The van der Waals surface area contributed by atoms with Gasteiger partial charge in [0.2, 0.25) is 0 Å². The summed E-state index contributed by atoms with van der Waals surface area (Å²) in [6.45, 7) is 0. The summed E-state index contributed by atoms with van der Waals surface area (Å²) in [7, 11) is 0. The van der Waals surface area contributed by atoms with Crippen LogP contribution in [0.15, 0.2) is 18.6 Å². The van der Waals surface area contributed by atoms with Crippen LogP contribution in [0.3, 0.4) is 0 Å². The Morgan fingerprint density at radius 2 is 2.29 bits per heavy atom. The molecule has 5 heteroatoms. The summed E-state index contributed by atoms with van der Waals surface area (Å²) in [5.41, 5.74) is 13.0. The molecule has 2 aromatic heterocycles. The second-order valence-corrected chi connectivity index (χ2v) is 4.51. The molecule has 17 heavy (non-hydrogen) atoms. The van der Waals surface area contributed by atoms with Crippen molar-refractivity contribution in [3.8, 4) is 11.8 Å². The van der Waals surface area contributed by atoms with Gasteiger partial charge in [0, 0.05) is 30.6 Å². The third-order valence-electron chi connectivity index (χ3n) is 2.95. The SMILES string of the molecule is Nc1nc(C#CCC2(N)CC2)cn2ccnc12. The van der Waals surface area contributed by atoms with E-state index in [2.05, 4.69) is 21.8 Å². The highest BCUT2D eigenvalue weighted by Gasteiger charge is 2.36. The maximum absolute atomic E-state index is 5.95. The van der Waals surface area contributed by atoms with Crippen molar-refractivity contribution in [2.75, 3.05) is 5.73 Å². The molecular weight excluding hydrogens is 214 g/mol. The van der Waals surface area contributed by atoms with E-state index in [4.69, 9.17) is 11.5 Å². The maximum Gasteiger partial charge on any atom is 0.179 e. The van der Waals surface area contributed by atoms with Crippen LogP contribution in [0.25, 0.3) is 5.65 Å². The van der Waals surface area contributed by atoms with Crippen LogP contribution in [0.2, 0.25) is 0 Å². The van der Waals surface area contributed by atoms with E-state index in [1.54, 1.807) is 6.20 Å². The van der Waals surface area contributed by atoms with E-state index in [1.165, 1.54) is 0 Å². The summed E-state index contributed by atoms with van der Waals surface area (Å²) < 4.78 is 1.82. The Bertz CT molecular complexity index is 627. The van der Waals surface area contributed by atoms with Gasteiger partial charge in [0.15, 0.2) is 11.5 Å². The van der Waals surface area contributed by atoms with Gasteiger partial charge in [-0.15, -0.1) is 0 Å². The van der Waals surface area contributed by atoms with Crippen molar-refractivity contribution in [1.82, 2.24) is 14.4 Å². The quantitative estimate of drug-likeness (QED) is 0.697. The van der Waals surface area contributed by atoms with Crippen LogP contribution >= 0.6 is 0 Å². The molecule has 2 aromatic rings. The smallest absolute Gasteiger partial charge is 0.179 e.